The lowest BCUT2D eigenvalue weighted by molar-refractivity contribution is 0.849. The van der Waals surface area contributed by atoms with E-state index in [9.17, 15) is 0 Å². The highest BCUT2D eigenvalue weighted by molar-refractivity contribution is 5.86. The third-order valence-corrected chi connectivity index (χ3v) is 3.11. The number of anilines is 2. The van der Waals surface area contributed by atoms with Gasteiger partial charge in [-0.1, -0.05) is 6.07 Å². The lowest BCUT2D eigenvalue weighted by Gasteiger charge is -2.20. The molecule has 2 aromatic rings. The number of fused-ring (bicyclic) bond motifs is 1. The van der Waals surface area contributed by atoms with Gasteiger partial charge in [-0.2, -0.15) is 0 Å². The van der Waals surface area contributed by atoms with Crippen LogP contribution in [-0.2, 0) is 0 Å². The summed E-state index contributed by atoms with van der Waals surface area (Å²) in [4.78, 5) is 6.93. The molecule has 0 saturated carbocycles. The van der Waals surface area contributed by atoms with Gasteiger partial charge in [0.15, 0.2) is 0 Å². The fourth-order valence-corrected chi connectivity index (χ4v) is 2.11. The van der Waals surface area contributed by atoms with Gasteiger partial charge in [0.05, 0.1) is 5.52 Å². The average molecular weight is 229 g/mol. The highest BCUT2D eigenvalue weighted by Gasteiger charge is 2.07. The second kappa shape index (κ2) is 4.62. The molecule has 17 heavy (non-hydrogen) atoms. The molecule has 0 aliphatic rings. The van der Waals surface area contributed by atoms with E-state index in [1.165, 1.54) is 10.9 Å². The molecule has 1 aromatic heterocycles. The number of rotatable bonds is 3. The molecule has 0 atom stereocenters. The van der Waals surface area contributed by atoms with Crippen molar-refractivity contribution in [2.45, 2.75) is 20.8 Å². The van der Waals surface area contributed by atoms with Crippen molar-refractivity contribution in [3.05, 3.63) is 29.8 Å². The average Bonchev–Trinajstić information content (AvgIpc) is 2.30. The van der Waals surface area contributed by atoms with E-state index in [1.807, 2.05) is 18.2 Å². The Morgan fingerprint density at radius 1 is 1.18 bits per heavy atom. The van der Waals surface area contributed by atoms with Crippen molar-refractivity contribution in [3.8, 4) is 0 Å². The Bertz CT molecular complexity index is 530. The number of pyridine rings is 1. The summed E-state index contributed by atoms with van der Waals surface area (Å²) in [7, 11) is 0. The first-order chi connectivity index (χ1) is 8.15. The zero-order valence-corrected chi connectivity index (χ0v) is 10.7. The van der Waals surface area contributed by atoms with Crippen LogP contribution < -0.4 is 10.6 Å². The Balaban J connectivity index is 2.60. The number of hydrogen-bond acceptors (Lipinski definition) is 3. The van der Waals surface area contributed by atoms with E-state index in [-0.39, 0.29) is 0 Å². The molecule has 0 fully saturated rings. The van der Waals surface area contributed by atoms with Gasteiger partial charge in [0.1, 0.15) is 5.82 Å². The molecule has 2 rings (SSSR count). The van der Waals surface area contributed by atoms with E-state index in [1.54, 1.807) is 0 Å². The quantitative estimate of drug-likeness (QED) is 0.823. The van der Waals surface area contributed by atoms with Crippen LogP contribution in [-0.4, -0.2) is 18.1 Å². The molecule has 1 aromatic carbocycles. The van der Waals surface area contributed by atoms with Crippen LogP contribution in [0.5, 0.6) is 0 Å². The van der Waals surface area contributed by atoms with Gasteiger partial charge < -0.3 is 10.6 Å². The second-order valence-electron chi connectivity index (χ2n) is 4.25. The number of aromatic nitrogens is 1. The molecule has 0 spiro atoms. The Morgan fingerprint density at radius 3 is 2.53 bits per heavy atom. The van der Waals surface area contributed by atoms with Gasteiger partial charge in [-0.15, -0.1) is 0 Å². The van der Waals surface area contributed by atoms with E-state index >= 15 is 0 Å². The molecule has 2 N–H and O–H groups in total. The van der Waals surface area contributed by atoms with E-state index in [4.69, 9.17) is 5.73 Å². The molecule has 90 valence electrons. The van der Waals surface area contributed by atoms with Crippen LogP contribution >= 0.6 is 0 Å². The summed E-state index contributed by atoms with van der Waals surface area (Å²) in [5.74, 6) is 1.03. The minimum absolute atomic E-state index is 0.765. The molecular formula is C14H19N3. The Kier molecular flexibility index (Phi) is 3.18. The van der Waals surface area contributed by atoms with Crippen molar-refractivity contribution in [2.75, 3.05) is 23.7 Å². The van der Waals surface area contributed by atoms with Gasteiger partial charge >= 0.3 is 0 Å². The summed E-state index contributed by atoms with van der Waals surface area (Å²) in [6.07, 6.45) is 0. The minimum Gasteiger partial charge on any atom is -0.399 e. The fourth-order valence-electron chi connectivity index (χ4n) is 2.11. The third kappa shape index (κ3) is 2.18. The maximum atomic E-state index is 5.81. The van der Waals surface area contributed by atoms with Crippen LogP contribution in [0, 0.1) is 6.92 Å². The third-order valence-electron chi connectivity index (χ3n) is 3.11. The second-order valence-corrected chi connectivity index (χ2v) is 4.25. The van der Waals surface area contributed by atoms with Gasteiger partial charge in [0.2, 0.25) is 0 Å². The molecule has 0 bridgehead atoms. The largest absolute Gasteiger partial charge is 0.399 e. The Morgan fingerprint density at radius 2 is 1.88 bits per heavy atom. The first-order valence-electron chi connectivity index (χ1n) is 6.07. The SMILES string of the molecule is CCN(CC)c1cc(C)c2ccc(N)cc2n1. The molecule has 0 aliphatic heterocycles. The van der Waals surface area contributed by atoms with Crippen LogP contribution in [0.1, 0.15) is 19.4 Å². The molecular weight excluding hydrogens is 210 g/mol. The van der Waals surface area contributed by atoms with Crippen molar-refractivity contribution in [1.82, 2.24) is 4.98 Å². The van der Waals surface area contributed by atoms with Gasteiger partial charge in [-0.05, 0) is 44.5 Å². The maximum Gasteiger partial charge on any atom is 0.129 e. The summed E-state index contributed by atoms with van der Waals surface area (Å²) in [5, 5.41) is 1.18. The number of benzene rings is 1. The molecule has 3 nitrogen and oxygen atoms in total. The van der Waals surface area contributed by atoms with E-state index < -0.39 is 0 Å². The van der Waals surface area contributed by atoms with Crippen LogP contribution in [0.4, 0.5) is 11.5 Å². The standard InChI is InChI=1S/C14H19N3/c1-4-17(5-2)14-8-10(3)12-7-6-11(15)9-13(12)16-14/h6-9H,4-5,15H2,1-3H3. The minimum atomic E-state index is 0.765. The van der Waals surface area contributed by atoms with Crippen molar-refractivity contribution in [3.63, 3.8) is 0 Å². The zero-order valence-electron chi connectivity index (χ0n) is 10.7. The zero-order chi connectivity index (χ0) is 12.4. The van der Waals surface area contributed by atoms with E-state index in [0.29, 0.717) is 0 Å². The van der Waals surface area contributed by atoms with Crippen molar-refractivity contribution < 1.29 is 0 Å². The van der Waals surface area contributed by atoms with Crippen molar-refractivity contribution >= 4 is 22.4 Å². The number of nitrogens with two attached hydrogens (primary N) is 1. The van der Waals surface area contributed by atoms with Crippen LogP contribution in [0.25, 0.3) is 10.9 Å². The predicted octanol–water partition coefficient (Wildman–Crippen LogP) is 2.97. The van der Waals surface area contributed by atoms with Crippen LogP contribution in [0.15, 0.2) is 24.3 Å². The maximum absolute atomic E-state index is 5.81. The van der Waals surface area contributed by atoms with Crippen molar-refractivity contribution in [2.24, 2.45) is 0 Å². The highest BCUT2D eigenvalue weighted by atomic mass is 15.2. The summed E-state index contributed by atoms with van der Waals surface area (Å²) in [6, 6.07) is 8.05. The molecule has 0 aliphatic carbocycles. The number of nitrogen functional groups attached to an aromatic ring is 1. The monoisotopic (exact) mass is 229 g/mol. The summed E-state index contributed by atoms with van der Waals surface area (Å²) in [5.41, 5.74) is 8.80. The molecule has 3 heteroatoms. The summed E-state index contributed by atoms with van der Waals surface area (Å²) >= 11 is 0. The first-order valence-corrected chi connectivity index (χ1v) is 6.07. The summed E-state index contributed by atoms with van der Waals surface area (Å²) in [6.45, 7) is 8.34. The number of aryl methyl sites for hydroxylation is 1. The Hall–Kier alpha value is -1.77. The molecule has 1 heterocycles. The number of nitrogens with zero attached hydrogens (tertiary/aromatic N) is 2. The van der Waals surface area contributed by atoms with Crippen LogP contribution in [0.2, 0.25) is 0 Å². The lowest BCUT2D eigenvalue weighted by atomic mass is 10.1. The van der Waals surface area contributed by atoms with Gasteiger partial charge in [-0.25, -0.2) is 4.98 Å². The first kappa shape index (κ1) is 11.7. The number of hydrogen-bond donors (Lipinski definition) is 1. The predicted molar refractivity (Wildman–Crippen MR) is 74.5 cm³/mol. The van der Waals surface area contributed by atoms with E-state index in [2.05, 4.69) is 36.7 Å². The van der Waals surface area contributed by atoms with E-state index in [0.717, 1.165) is 30.1 Å². The molecule has 0 amide bonds. The Labute approximate surface area is 102 Å². The summed E-state index contributed by atoms with van der Waals surface area (Å²) < 4.78 is 0. The molecule has 0 radical (unpaired) electrons. The molecule has 0 unspecified atom stereocenters. The molecule has 0 saturated heterocycles. The fraction of sp³-hybridized carbons (Fsp3) is 0.357. The van der Waals surface area contributed by atoms with Crippen LogP contribution in [0.3, 0.4) is 0 Å². The topological polar surface area (TPSA) is 42.1 Å². The normalized spacial score (nSPS) is 10.8. The highest BCUT2D eigenvalue weighted by Crippen LogP contribution is 2.23. The smallest absolute Gasteiger partial charge is 0.129 e. The lowest BCUT2D eigenvalue weighted by Crippen LogP contribution is -2.23. The van der Waals surface area contributed by atoms with Gasteiger partial charge in [0, 0.05) is 24.2 Å². The van der Waals surface area contributed by atoms with Gasteiger partial charge in [-0.3, -0.25) is 0 Å². The van der Waals surface area contributed by atoms with Gasteiger partial charge in [0.25, 0.3) is 0 Å². The van der Waals surface area contributed by atoms with Crippen molar-refractivity contribution in [1.29, 1.82) is 0 Å².